The van der Waals surface area contributed by atoms with Gasteiger partial charge in [-0.3, -0.25) is 0 Å². The first-order valence-electron chi connectivity index (χ1n) is 8.35. The van der Waals surface area contributed by atoms with Gasteiger partial charge in [0.25, 0.3) is 0 Å². The second-order valence-corrected chi connectivity index (χ2v) is 6.45. The highest BCUT2D eigenvalue weighted by atomic mass is 16.3. The van der Waals surface area contributed by atoms with Gasteiger partial charge in [0, 0.05) is 29.1 Å². The molecule has 4 N–H and O–H groups in total. The van der Waals surface area contributed by atoms with Gasteiger partial charge in [-0.2, -0.15) is 0 Å². The summed E-state index contributed by atoms with van der Waals surface area (Å²) < 4.78 is 0. The fourth-order valence-corrected chi connectivity index (χ4v) is 4.04. The smallest absolute Gasteiger partial charge is 0.0558 e. The quantitative estimate of drug-likeness (QED) is 0.793. The van der Waals surface area contributed by atoms with Gasteiger partial charge < -0.3 is 20.7 Å². The molecule has 1 aromatic heterocycles. The molecule has 120 valence electrons. The molecule has 1 aliphatic rings. The average Bonchev–Trinajstić information content (AvgIpc) is 2.87. The summed E-state index contributed by atoms with van der Waals surface area (Å²) in [5.74, 6) is 1.06. The summed E-state index contributed by atoms with van der Waals surface area (Å²) >= 11 is 0. The third kappa shape index (κ3) is 2.91. The van der Waals surface area contributed by atoms with Crippen LogP contribution in [0.15, 0.2) is 24.3 Å². The van der Waals surface area contributed by atoms with E-state index in [-0.39, 0.29) is 6.61 Å². The number of fused-ring (bicyclic) bond motifs is 1. The van der Waals surface area contributed by atoms with Gasteiger partial charge in [-0.1, -0.05) is 18.2 Å². The number of para-hydroxylation sites is 1. The molecule has 0 radical (unpaired) electrons. The molecule has 1 fully saturated rings. The number of hydrogen-bond donors (Lipinski definition) is 3. The molecule has 4 nitrogen and oxygen atoms in total. The minimum absolute atomic E-state index is 0.256. The van der Waals surface area contributed by atoms with Crippen LogP contribution in [0.2, 0.25) is 0 Å². The minimum Gasteiger partial charge on any atom is -0.395 e. The number of aromatic nitrogens is 1. The zero-order valence-corrected chi connectivity index (χ0v) is 13.4. The third-order valence-corrected chi connectivity index (χ3v) is 5.19. The van der Waals surface area contributed by atoms with Gasteiger partial charge in [-0.25, -0.2) is 0 Å². The average molecular weight is 301 g/mol. The largest absolute Gasteiger partial charge is 0.395 e. The Hall–Kier alpha value is -1.36. The summed E-state index contributed by atoms with van der Waals surface area (Å²) in [6, 6.07) is 8.53. The Morgan fingerprint density at radius 2 is 2.05 bits per heavy atom. The molecule has 0 spiro atoms. The topological polar surface area (TPSA) is 65.3 Å². The maximum absolute atomic E-state index is 9.08. The molecule has 3 rings (SSSR count). The maximum atomic E-state index is 9.08. The number of benzene rings is 1. The Labute approximate surface area is 132 Å². The number of β-amino-alcohol motifs (C(OH)–C–C–N with tert-alkyl or cyclic N) is 1. The van der Waals surface area contributed by atoms with Crippen molar-refractivity contribution in [3.63, 3.8) is 0 Å². The van der Waals surface area contributed by atoms with Gasteiger partial charge in [-0.15, -0.1) is 0 Å². The molecule has 1 aromatic carbocycles. The summed E-state index contributed by atoms with van der Waals surface area (Å²) in [7, 11) is 0. The molecule has 1 aliphatic heterocycles. The highest BCUT2D eigenvalue weighted by Crippen LogP contribution is 2.37. The van der Waals surface area contributed by atoms with Gasteiger partial charge in [0.1, 0.15) is 0 Å². The molecule has 2 aromatic rings. The number of H-pyrrole nitrogens is 1. The summed E-state index contributed by atoms with van der Waals surface area (Å²) in [5.41, 5.74) is 10.1. The fourth-order valence-electron chi connectivity index (χ4n) is 4.04. The number of aryl methyl sites for hydroxylation is 1. The van der Waals surface area contributed by atoms with Crippen LogP contribution in [0.5, 0.6) is 0 Å². The number of nitrogens with one attached hydrogen (secondary N) is 1. The van der Waals surface area contributed by atoms with Crippen molar-refractivity contribution in [2.75, 3.05) is 32.8 Å². The maximum Gasteiger partial charge on any atom is 0.0558 e. The molecule has 0 amide bonds. The van der Waals surface area contributed by atoms with Crippen molar-refractivity contribution < 1.29 is 5.11 Å². The van der Waals surface area contributed by atoms with Gasteiger partial charge >= 0.3 is 0 Å². The highest BCUT2D eigenvalue weighted by Gasteiger charge is 2.29. The number of nitrogens with zero attached hydrogens (tertiary/aromatic N) is 1. The van der Waals surface area contributed by atoms with Crippen LogP contribution >= 0.6 is 0 Å². The van der Waals surface area contributed by atoms with Crippen LogP contribution in [0, 0.1) is 12.8 Å². The lowest BCUT2D eigenvalue weighted by Crippen LogP contribution is -2.38. The summed E-state index contributed by atoms with van der Waals surface area (Å²) in [6.45, 7) is 6.07. The normalized spacial score (nSPS) is 18.9. The Morgan fingerprint density at radius 1 is 1.32 bits per heavy atom. The van der Waals surface area contributed by atoms with Crippen molar-refractivity contribution in [1.82, 2.24) is 9.88 Å². The number of rotatable bonds is 5. The lowest BCUT2D eigenvalue weighted by molar-refractivity contribution is 0.138. The number of likely N-dealkylation sites (tertiary alicyclic amines) is 1. The van der Waals surface area contributed by atoms with E-state index in [4.69, 9.17) is 10.8 Å². The van der Waals surface area contributed by atoms with E-state index in [1.807, 2.05) is 0 Å². The Balaban J connectivity index is 1.83. The molecule has 2 heterocycles. The van der Waals surface area contributed by atoms with Gasteiger partial charge in [0.05, 0.1) is 6.61 Å². The first-order valence-corrected chi connectivity index (χ1v) is 8.35. The van der Waals surface area contributed by atoms with Crippen LogP contribution < -0.4 is 5.73 Å². The number of aliphatic hydroxyl groups excluding tert-OH is 1. The van der Waals surface area contributed by atoms with Crippen LogP contribution in [-0.4, -0.2) is 47.8 Å². The minimum atomic E-state index is 0.256. The summed E-state index contributed by atoms with van der Waals surface area (Å²) in [5, 5.41) is 10.4. The molecular formula is C18H27N3O. The molecule has 1 atom stereocenters. The van der Waals surface area contributed by atoms with Crippen LogP contribution in [0.3, 0.4) is 0 Å². The van der Waals surface area contributed by atoms with Crippen LogP contribution in [0.1, 0.15) is 30.0 Å². The van der Waals surface area contributed by atoms with E-state index in [0.717, 1.165) is 19.6 Å². The zero-order chi connectivity index (χ0) is 15.5. The van der Waals surface area contributed by atoms with Crippen molar-refractivity contribution in [3.05, 3.63) is 35.5 Å². The van der Waals surface area contributed by atoms with Crippen molar-refractivity contribution in [2.24, 2.45) is 11.7 Å². The van der Waals surface area contributed by atoms with E-state index < -0.39 is 0 Å². The standard InChI is InChI=1S/C18H27N3O/c1-13-18(15-4-2-3-5-17(15)20-13)16(12-19)14-6-8-21(9-7-14)10-11-22/h2-5,14,16,20,22H,6-12,19H2,1H3. The number of nitrogens with two attached hydrogens (primary N) is 1. The Morgan fingerprint density at radius 3 is 2.73 bits per heavy atom. The lowest BCUT2D eigenvalue weighted by atomic mass is 9.79. The van der Waals surface area contributed by atoms with Crippen molar-refractivity contribution in [3.8, 4) is 0 Å². The van der Waals surface area contributed by atoms with Crippen molar-refractivity contribution in [2.45, 2.75) is 25.7 Å². The predicted octanol–water partition coefficient (Wildman–Crippen LogP) is 2.22. The van der Waals surface area contributed by atoms with Crippen LogP contribution in [0.25, 0.3) is 10.9 Å². The van der Waals surface area contributed by atoms with Gasteiger partial charge in [-0.05, 0) is 56.9 Å². The molecule has 4 heteroatoms. The van der Waals surface area contributed by atoms with Crippen LogP contribution in [-0.2, 0) is 0 Å². The third-order valence-electron chi connectivity index (χ3n) is 5.19. The lowest BCUT2D eigenvalue weighted by Gasteiger charge is -2.35. The second kappa shape index (κ2) is 6.82. The van der Waals surface area contributed by atoms with Gasteiger partial charge in [0.2, 0.25) is 0 Å². The fraction of sp³-hybridized carbons (Fsp3) is 0.556. The monoisotopic (exact) mass is 301 g/mol. The summed E-state index contributed by atoms with van der Waals surface area (Å²) in [6.07, 6.45) is 2.33. The van der Waals surface area contributed by atoms with Crippen LogP contribution in [0.4, 0.5) is 0 Å². The molecule has 0 aliphatic carbocycles. The van der Waals surface area contributed by atoms with Gasteiger partial charge in [0.15, 0.2) is 0 Å². The Kier molecular flexibility index (Phi) is 4.81. The van der Waals surface area contributed by atoms with E-state index in [0.29, 0.717) is 18.4 Å². The molecule has 22 heavy (non-hydrogen) atoms. The molecular weight excluding hydrogens is 274 g/mol. The Bertz CT molecular complexity index is 614. The molecule has 1 unspecified atom stereocenters. The van der Waals surface area contributed by atoms with E-state index in [1.54, 1.807) is 0 Å². The zero-order valence-electron chi connectivity index (χ0n) is 13.4. The molecule has 1 saturated heterocycles. The molecule has 0 saturated carbocycles. The second-order valence-electron chi connectivity index (χ2n) is 6.45. The highest BCUT2D eigenvalue weighted by molar-refractivity contribution is 5.85. The van der Waals surface area contributed by atoms with Crippen molar-refractivity contribution in [1.29, 1.82) is 0 Å². The number of hydrogen-bond acceptors (Lipinski definition) is 3. The van der Waals surface area contributed by atoms with E-state index in [2.05, 4.69) is 41.1 Å². The van der Waals surface area contributed by atoms with E-state index in [9.17, 15) is 0 Å². The summed E-state index contributed by atoms with van der Waals surface area (Å²) in [4.78, 5) is 5.86. The first-order chi connectivity index (χ1) is 10.7. The van der Waals surface area contributed by atoms with E-state index in [1.165, 1.54) is 35.0 Å². The molecule has 0 bridgehead atoms. The van der Waals surface area contributed by atoms with Crippen molar-refractivity contribution >= 4 is 10.9 Å². The number of piperidine rings is 1. The SMILES string of the molecule is Cc1[nH]c2ccccc2c1C(CN)C1CCN(CCO)CC1. The predicted molar refractivity (Wildman–Crippen MR) is 91.1 cm³/mol. The number of aromatic amines is 1. The number of aliphatic hydroxyl groups is 1. The first kappa shape index (κ1) is 15.5. The van der Waals surface area contributed by atoms with E-state index >= 15 is 0 Å².